The minimum Gasteiger partial charge on any atom is -0.491 e. The number of aliphatic hydroxyl groups excluding tert-OH is 1. The molecular formula is C21H26N4O4. The van der Waals surface area contributed by atoms with Crippen LogP contribution in [0.2, 0.25) is 0 Å². The molecule has 1 unspecified atom stereocenters. The van der Waals surface area contributed by atoms with Crippen LogP contribution in [0.5, 0.6) is 5.75 Å². The third kappa shape index (κ3) is 6.46. The molecule has 0 amide bonds. The smallest absolute Gasteiger partial charge is 0.269 e. The SMILES string of the molecule is O=[N+]([O-])c1ccc(OCC(O)CN=C(Nc2ccccc2)N2CCCCC2)cc1. The second-order valence-corrected chi connectivity index (χ2v) is 6.92. The fourth-order valence-electron chi connectivity index (χ4n) is 3.08. The molecular weight excluding hydrogens is 372 g/mol. The zero-order valence-electron chi connectivity index (χ0n) is 16.2. The van der Waals surface area contributed by atoms with Crippen molar-refractivity contribution in [2.45, 2.75) is 25.4 Å². The monoisotopic (exact) mass is 398 g/mol. The Bertz CT molecular complexity index is 805. The Balaban J connectivity index is 1.57. The average molecular weight is 398 g/mol. The summed E-state index contributed by atoms with van der Waals surface area (Å²) >= 11 is 0. The number of guanidine groups is 1. The maximum atomic E-state index is 10.7. The number of nitro groups is 1. The molecule has 0 saturated carbocycles. The highest BCUT2D eigenvalue weighted by molar-refractivity contribution is 5.93. The molecule has 1 atom stereocenters. The van der Waals surface area contributed by atoms with Gasteiger partial charge in [0.2, 0.25) is 0 Å². The molecule has 2 N–H and O–H groups in total. The van der Waals surface area contributed by atoms with E-state index >= 15 is 0 Å². The molecule has 1 saturated heterocycles. The number of hydrogen-bond donors (Lipinski definition) is 2. The predicted octanol–water partition coefficient (Wildman–Crippen LogP) is 3.29. The molecule has 0 radical (unpaired) electrons. The normalized spacial score (nSPS) is 15.6. The second-order valence-electron chi connectivity index (χ2n) is 6.92. The average Bonchev–Trinajstić information content (AvgIpc) is 2.76. The van der Waals surface area contributed by atoms with Crippen molar-refractivity contribution in [1.29, 1.82) is 0 Å². The molecule has 2 aromatic rings. The number of rotatable bonds is 7. The first-order chi connectivity index (χ1) is 14.1. The van der Waals surface area contributed by atoms with Crippen molar-refractivity contribution in [3.05, 3.63) is 64.7 Å². The number of aliphatic imine (C=N–C) groups is 1. The van der Waals surface area contributed by atoms with E-state index in [9.17, 15) is 15.2 Å². The molecule has 3 rings (SSSR count). The third-order valence-electron chi connectivity index (χ3n) is 4.63. The van der Waals surface area contributed by atoms with E-state index in [4.69, 9.17) is 4.74 Å². The molecule has 154 valence electrons. The first-order valence-corrected chi connectivity index (χ1v) is 9.78. The van der Waals surface area contributed by atoms with Gasteiger partial charge >= 0.3 is 0 Å². The number of aliphatic hydroxyl groups is 1. The minimum atomic E-state index is -0.789. The van der Waals surface area contributed by atoms with Crippen molar-refractivity contribution < 1.29 is 14.8 Å². The van der Waals surface area contributed by atoms with Gasteiger partial charge < -0.3 is 20.1 Å². The van der Waals surface area contributed by atoms with Gasteiger partial charge in [-0.05, 0) is 43.5 Å². The first-order valence-electron chi connectivity index (χ1n) is 9.78. The lowest BCUT2D eigenvalue weighted by molar-refractivity contribution is -0.384. The van der Waals surface area contributed by atoms with Crippen LogP contribution in [0.3, 0.4) is 0 Å². The summed E-state index contributed by atoms with van der Waals surface area (Å²) in [5, 5.41) is 24.3. The maximum absolute atomic E-state index is 10.7. The fourth-order valence-corrected chi connectivity index (χ4v) is 3.08. The van der Waals surface area contributed by atoms with Crippen molar-refractivity contribution in [2.75, 3.05) is 31.6 Å². The highest BCUT2D eigenvalue weighted by Crippen LogP contribution is 2.17. The number of nitrogens with one attached hydrogen (secondary N) is 1. The lowest BCUT2D eigenvalue weighted by atomic mass is 10.1. The van der Waals surface area contributed by atoms with Gasteiger partial charge in [0.25, 0.3) is 5.69 Å². The predicted molar refractivity (Wildman–Crippen MR) is 112 cm³/mol. The quantitative estimate of drug-likeness (QED) is 0.321. The molecule has 0 bridgehead atoms. The summed E-state index contributed by atoms with van der Waals surface area (Å²) in [6, 6.07) is 15.6. The van der Waals surface area contributed by atoms with Gasteiger partial charge in [-0.2, -0.15) is 0 Å². The number of ether oxygens (including phenoxy) is 1. The van der Waals surface area contributed by atoms with E-state index in [0.717, 1.165) is 37.6 Å². The van der Waals surface area contributed by atoms with Crippen LogP contribution >= 0.6 is 0 Å². The van der Waals surface area contributed by atoms with Gasteiger partial charge in [-0.1, -0.05) is 18.2 Å². The Kier molecular flexibility index (Phi) is 7.40. The van der Waals surface area contributed by atoms with Crippen LogP contribution in [0.4, 0.5) is 11.4 Å². The molecule has 2 aromatic carbocycles. The summed E-state index contributed by atoms with van der Waals surface area (Å²) in [6.07, 6.45) is 2.69. The molecule has 29 heavy (non-hydrogen) atoms. The molecule has 0 spiro atoms. The largest absolute Gasteiger partial charge is 0.491 e. The Morgan fingerprint density at radius 1 is 1.14 bits per heavy atom. The number of nitro benzene ring substituents is 1. The van der Waals surface area contributed by atoms with Gasteiger partial charge in [-0.25, -0.2) is 4.99 Å². The molecule has 0 aliphatic carbocycles. The molecule has 8 nitrogen and oxygen atoms in total. The van der Waals surface area contributed by atoms with Crippen molar-refractivity contribution in [3.63, 3.8) is 0 Å². The lowest BCUT2D eigenvalue weighted by Crippen LogP contribution is -2.40. The molecule has 1 heterocycles. The Labute approximate surface area is 170 Å². The van der Waals surface area contributed by atoms with E-state index in [1.807, 2.05) is 30.3 Å². The highest BCUT2D eigenvalue weighted by atomic mass is 16.6. The second kappa shape index (κ2) is 10.4. The van der Waals surface area contributed by atoms with Crippen LogP contribution in [-0.2, 0) is 0 Å². The molecule has 1 aliphatic heterocycles. The third-order valence-corrected chi connectivity index (χ3v) is 4.63. The number of non-ortho nitro benzene ring substituents is 1. The van der Waals surface area contributed by atoms with Crippen LogP contribution < -0.4 is 10.1 Å². The summed E-state index contributed by atoms with van der Waals surface area (Å²) in [6.45, 7) is 2.13. The topological polar surface area (TPSA) is 100 Å². The van der Waals surface area contributed by atoms with Crippen LogP contribution in [0.25, 0.3) is 0 Å². The van der Waals surface area contributed by atoms with Gasteiger partial charge in [-0.3, -0.25) is 10.1 Å². The van der Waals surface area contributed by atoms with Crippen molar-refractivity contribution in [1.82, 2.24) is 4.90 Å². The summed E-state index contributed by atoms with van der Waals surface area (Å²) in [7, 11) is 0. The zero-order valence-corrected chi connectivity index (χ0v) is 16.2. The number of para-hydroxylation sites is 1. The lowest BCUT2D eigenvalue weighted by Gasteiger charge is -2.30. The van der Waals surface area contributed by atoms with Crippen molar-refractivity contribution in [2.24, 2.45) is 4.99 Å². The standard InChI is InChI=1S/C21H26N4O4/c26-19(16-29-20-11-9-18(10-12-20)25(27)28)15-22-21(24-13-5-2-6-14-24)23-17-7-3-1-4-8-17/h1,3-4,7-12,19,26H,2,5-6,13-16H2,(H,22,23). The summed E-state index contributed by atoms with van der Waals surface area (Å²) in [5.74, 6) is 1.22. The number of piperidine rings is 1. The molecule has 1 aliphatic rings. The van der Waals surface area contributed by atoms with Crippen LogP contribution in [0.1, 0.15) is 19.3 Å². The first kappa shape index (κ1) is 20.6. The van der Waals surface area contributed by atoms with E-state index in [0.29, 0.717) is 5.75 Å². The van der Waals surface area contributed by atoms with E-state index < -0.39 is 11.0 Å². The minimum absolute atomic E-state index is 0.000609. The van der Waals surface area contributed by atoms with Gasteiger partial charge in [-0.15, -0.1) is 0 Å². The summed E-state index contributed by atoms with van der Waals surface area (Å²) < 4.78 is 5.52. The van der Waals surface area contributed by atoms with Gasteiger partial charge in [0.05, 0.1) is 11.5 Å². The zero-order chi connectivity index (χ0) is 20.5. The number of anilines is 1. The van der Waals surface area contributed by atoms with Gasteiger partial charge in [0.1, 0.15) is 18.5 Å². The number of hydrogen-bond acceptors (Lipinski definition) is 5. The van der Waals surface area contributed by atoms with E-state index in [1.165, 1.54) is 30.7 Å². The van der Waals surface area contributed by atoms with Crippen LogP contribution in [0.15, 0.2) is 59.6 Å². The fraction of sp³-hybridized carbons (Fsp3) is 0.381. The number of nitrogens with zero attached hydrogens (tertiary/aromatic N) is 3. The van der Waals surface area contributed by atoms with E-state index in [2.05, 4.69) is 15.2 Å². The number of likely N-dealkylation sites (tertiary alicyclic amines) is 1. The maximum Gasteiger partial charge on any atom is 0.269 e. The van der Waals surface area contributed by atoms with Gasteiger partial charge in [0.15, 0.2) is 5.96 Å². The molecule has 1 fully saturated rings. The Morgan fingerprint density at radius 3 is 2.48 bits per heavy atom. The van der Waals surface area contributed by atoms with Crippen LogP contribution in [-0.4, -0.2) is 53.2 Å². The van der Waals surface area contributed by atoms with E-state index in [-0.39, 0.29) is 18.8 Å². The van der Waals surface area contributed by atoms with Gasteiger partial charge in [0, 0.05) is 30.9 Å². The highest BCUT2D eigenvalue weighted by Gasteiger charge is 2.16. The summed E-state index contributed by atoms with van der Waals surface area (Å²) in [4.78, 5) is 17.0. The van der Waals surface area contributed by atoms with Crippen LogP contribution in [0, 0.1) is 10.1 Å². The molecule has 0 aromatic heterocycles. The van der Waals surface area contributed by atoms with Crippen molar-refractivity contribution >= 4 is 17.3 Å². The van der Waals surface area contributed by atoms with E-state index in [1.54, 1.807) is 0 Å². The molecule has 8 heteroatoms. The Hall–Kier alpha value is -3.13. The van der Waals surface area contributed by atoms with Crippen molar-refractivity contribution in [3.8, 4) is 5.75 Å². The number of benzene rings is 2. The summed E-state index contributed by atoms with van der Waals surface area (Å²) in [5.41, 5.74) is 0.953. The Morgan fingerprint density at radius 2 is 1.83 bits per heavy atom.